The van der Waals surface area contributed by atoms with Crippen LogP contribution in [0.3, 0.4) is 0 Å². The van der Waals surface area contributed by atoms with Crippen LogP contribution in [-0.2, 0) is 16.0 Å². The van der Waals surface area contributed by atoms with Crippen LogP contribution in [0.25, 0.3) is 0 Å². The van der Waals surface area contributed by atoms with Gasteiger partial charge in [-0.05, 0) is 36.8 Å². The minimum absolute atomic E-state index is 0.0779. The van der Waals surface area contributed by atoms with E-state index in [1.54, 1.807) is 31.2 Å². The molecule has 2 amide bonds. The third-order valence-corrected chi connectivity index (χ3v) is 3.70. The van der Waals surface area contributed by atoms with E-state index in [-0.39, 0.29) is 11.8 Å². The van der Waals surface area contributed by atoms with Gasteiger partial charge in [0.25, 0.3) is 5.91 Å². The molecule has 25 heavy (non-hydrogen) atoms. The molecule has 132 valence electrons. The van der Waals surface area contributed by atoms with Crippen molar-refractivity contribution in [3.8, 4) is 5.75 Å². The zero-order valence-electron chi connectivity index (χ0n) is 14.0. The first-order chi connectivity index (χ1) is 12.0. The summed E-state index contributed by atoms with van der Waals surface area (Å²) in [5.74, 6) is 0.251. The zero-order chi connectivity index (χ0) is 18.1. The highest BCUT2D eigenvalue weighted by molar-refractivity contribution is 6.30. The molecule has 0 aromatic heterocycles. The van der Waals surface area contributed by atoms with E-state index in [9.17, 15) is 9.59 Å². The molecule has 2 rings (SSSR count). The van der Waals surface area contributed by atoms with Crippen molar-refractivity contribution < 1.29 is 14.3 Å². The fourth-order valence-corrected chi connectivity index (χ4v) is 2.27. The predicted octanol–water partition coefficient (Wildman–Crippen LogP) is 2.58. The summed E-state index contributed by atoms with van der Waals surface area (Å²) >= 11 is 5.80. The Kier molecular flexibility index (Phi) is 7.29. The van der Waals surface area contributed by atoms with Gasteiger partial charge < -0.3 is 15.4 Å². The van der Waals surface area contributed by atoms with Crippen molar-refractivity contribution in [2.24, 2.45) is 0 Å². The topological polar surface area (TPSA) is 67.4 Å². The number of ether oxygens (including phenoxy) is 1. The van der Waals surface area contributed by atoms with Crippen LogP contribution >= 0.6 is 11.6 Å². The van der Waals surface area contributed by atoms with Crippen LogP contribution in [0.15, 0.2) is 54.6 Å². The second-order valence-electron chi connectivity index (χ2n) is 5.52. The smallest absolute Gasteiger partial charge is 0.260 e. The Balaban J connectivity index is 1.64. The maximum absolute atomic E-state index is 12.0. The molecule has 0 fully saturated rings. The van der Waals surface area contributed by atoms with Crippen LogP contribution in [-0.4, -0.2) is 31.0 Å². The average molecular weight is 361 g/mol. The van der Waals surface area contributed by atoms with Crippen molar-refractivity contribution in [3.63, 3.8) is 0 Å². The summed E-state index contributed by atoms with van der Waals surface area (Å²) in [6, 6.07) is 16.3. The van der Waals surface area contributed by atoms with Crippen LogP contribution in [0, 0.1) is 0 Å². The van der Waals surface area contributed by atoms with Gasteiger partial charge in [-0.15, -0.1) is 0 Å². The molecule has 0 spiro atoms. The Labute approximate surface area is 152 Å². The first-order valence-electron chi connectivity index (χ1n) is 8.05. The normalized spacial score (nSPS) is 11.4. The third-order valence-electron chi connectivity index (χ3n) is 3.45. The van der Waals surface area contributed by atoms with Gasteiger partial charge in [-0.3, -0.25) is 9.59 Å². The minimum Gasteiger partial charge on any atom is -0.481 e. The van der Waals surface area contributed by atoms with Gasteiger partial charge >= 0.3 is 0 Å². The molecule has 0 heterocycles. The summed E-state index contributed by atoms with van der Waals surface area (Å²) in [6.07, 6.45) is -0.314. The van der Waals surface area contributed by atoms with Crippen molar-refractivity contribution in [2.75, 3.05) is 13.1 Å². The van der Waals surface area contributed by atoms with Crippen molar-refractivity contribution in [1.29, 1.82) is 0 Å². The van der Waals surface area contributed by atoms with Gasteiger partial charge in [0.05, 0.1) is 6.42 Å². The highest BCUT2D eigenvalue weighted by Gasteiger charge is 2.14. The SMILES string of the molecule is CC(Oc1ccc(Cl)cc1)C(=O)NCCNC(=O)Cc1ccccc1. The monoisotopic (exact) mass is 360 g/mol. The van der Waals surface area contributed by atoms with Gasteiger partial charge in [0.1, 0.15) is 5.75 Å². The van der Waals surface area contributed by atoms with E-state index in [0.717, 1.165) is 5.56 Å². The van der Waals surface area contributed by atoms with E-state index in [0.29, 0.717) is 30.3 Å². The largest absolute Gasteiger partial charge is 0.481 e. The molecule has 0 aliphatic rings. The Morgan fingerprint density at radius 2 is 1.64 bits per heavy atom. The number of carbonyl (C=O) groups excluding carboxylic acids is 2. The quantitative estimate of drug-likeness (QED) is 0.711. The Morgan fingerprint density at radius 3 is 2.32 bits per heavy atom. The van der Waals surface area contributed by atoms with Crippen LogP contribution in [0.2, 0.25) is 5.02 Å². The van der Waals surface area contributed by atoms with Crippen LogP contribution in [0.5, 0.6) is 5.75 Å². The number of benzene rings is 2. The Morgan fingerprint density at radius 1 is 1.00 bits per heavy atom. The van der Waals surface area contributed by atoms with E-state index >= 15 is 0 Å². The average Bonchev–Trinajstić information content (AvgIpc) is 2.61. The lowest BCUT2D eigenvalue weighted by molar-refractivity contribution is -0.127. The molecule has 0 aliphatic carbocycles. The maximum atomic E-state index is 12.0. The van der Waals surface area contributed by atoms with Gasteiger partial charge in [-0.1, -0.05) is 41.9 Å². The second kappa shape index (κ2) is 9.69. The number of nitrogens with one attached hydrogen (secondary N) is 2. The van der Waals surface area contributed by atoms with E-state index < -0.39 is 6.10 Å². The van der Waals surface area contributed by atoms with Gasteiger partial charge in [-0.25, -0.2) is 0 Å². The summed E-state index contributed by atoms with van der Waals surface area (Å²) in [4.78, 5) is 23.8. The minimum atomic E-state index is -0.638. The lowest BCUT2D eigenvalue weighted by atomic mass is 10.1. The standard InChI is InChI=1S/C19H21ClN2O3/c1-14(25-17-9-7-16(20)8-10-17)19(24)22-12-11-21-18(23)13-15-5-3-2-4-6-15/h2-10,14H,11-13H2,1H3,(H,21,23)(H,22,24). The fraction of sp³-hybridized carbons (Fsp3) is 0.263. The first kappa shape index (κ1) is 18.8. The first-order valence-corrected chi connectivity index (χ1v) is 8.43. The van der Waals surface area contributed by atoms with Crippen molar-refractivity contribution in [2.45, 2.75) is 19.4 Å². The number of halogens is 1. The molecule has 1 unspecified atom stereocenters. The molecule has 1 atom stereocenters. The van der Waals surface area contributed by atoms with E-state index in [1.165, 1.54) is 0 Å². The van der Waals surface area contributed by atoms with Crippen LogP contribution in [0.4, 0.5) is 0 Å². The molecular weight excluding hydrogens is 340 g/mol. The molecule has 0 radical (unpaired) electrons. The summed E-state index contributed by atoms with van der Waals surface area (Å²) < 4.78 is 5.53. The highest BCUT2D eigenvalue weighted by atomic mass is 35.5. The zero-order valence-corrected chi connectivity index (χ0v) is 14.8. The molecule has 0 aliphatic heterocycles. The lowest BCUT2D eigenvalue weighted by Crippen LogP contribution is -2.41. The maximum Gasteiger partial charge on any atom is 0.260 e. The second-order valence-corrected chi connectivity index (χ2v) is 5.95. The van der Waals surface area contributed by atoms with Crippen molar-refractivity contribution >= 4 is 23.4 Å². The number of hydrogen-bond acceptors (Lipinski definition) is 3. The fourth-order valence-electron chi connectivity index (χ4n) is 2.15. The number of hydrogen-bond donors (Lipinski definition) is 2. The molecule has 2 aromatic carbocycles. The van der Waals surface area contributed by atoms with Gasteiger partial charge in [0, 0.05) is 18.1 Å². The van der Waals surface area contributed by atoms with Crippen molar-refractivity contribution in [1.82, 2.24) is 10.6 Å². The molecule has 0 saturated carbocycles. The predicted molar refractivity (Wildman–Crippen MR) is 97.7 cm³/mol. The summed E-state index contributed by atoms with van der Waals surface area (Å²) in [5, 5.41) is 6.11. The third kappa shape index (κ3) is 6.85. The summed E-state index contributed by atoms with van der Waals surface area (Å²) in [7, 11) is 0. The molecule has 2 N–H and O–H groups in total. The van der Waals surface area contributed by atoms with Gasteiger partial charge in [0.15, 0.2) is 6.10 Å². The molecular formula is C19H21ClN2O3. The summed E-state index contributed by atoms with van der Waals surface area (Å²) in [6.45, 7) is 2.37. The van der Waals surface area contributed by atoms with E-state index in [4.69, 9.17) is 16.3 Å². The Hall–Kier alpha value is -2.53. The lowest BCUT2D eigenvalue weighted by Gasteiger charge is -2.15. The molecule has 2 aromatic rings. The molecule has 6 heteroatoms. The molecule has 5 nitrogen and oxygen atoms in total. The Bertz CT molecular complexity index is 690. The number of rotatable bonds is 8. The van der Waals surface area contributed by atoms with Gasteiger partial charge in [-0.2, -0.15) is 0 Å². The van der Waals surface area contributed by atoms with Crippen LogP contribution < -0.4 is 15.4 Å². The number of amides is 2. The summed E-state index contributed by atoms with van der Waals surface area (Å²) in [5.41, 5.74) is 0.953. The van der Waals surface area contributed by atoms with Crippen LogP contribution in [0.1, 0.15) is 12.5 Å². The molecule has 0 bridgehead atoms. The van der Waals surface area contributed by atoms with Crippen molar-refractivity contribution in [3.05, 3.63) is 65.2 Å². The number of carbonyl (C=O) groups is 2. The van der Waals surface area contributed by atoms with E-state index in [1.807, 2.05) is 30.3 Å². The van der Waals surface area contributed by atoms with E-state index in [2.05, 4.69) is 10.6 Å². The molecule has 0 saturated heterocycles. The highest BCUT2D eigenvalue weighted by Crippen LogP contribution is 2.16. The van der Waals surface area contributed by atoms with Gasteiger partial charge in [0.2, 0.25) is 5.91 Å².